The fourth-order valence-corrected chi connectivity index (χ4v) is 6.64. The van der Waals surface area contributed by atoms with Crippen molar-refractivity contribution < 1.29 is 9.59 Å². The lowest BCUT2D eigenvalue weighted by Crippen LogP contribution is -2.13. The zero-order valence-electron chi connectivity index (χ0n) is 11.6. The van der Waals surface area contributed by atoms with Gasteiger partial charge in [-0.25, -0.2) is 0 Å². The van der Waals surface area contributed by atoms with Crippen LogP contribution in [-0.2, 0) is 9.59 Å². The number of benzene rings is 1. The van der Waals surface area contributed by atoms with Crippen molar-refractivity contribution in [3.8, 4) is 0 Å². The Labute approximate surface area is 126 Å². The van der Waals surface area contributed by atoms with Gasteiger partial charge in [0, 0.05) is 23.8 Å². The highest BCUT2D eigenvalue weighted by Crippen LogP contribution is 2.53. The molecule has 0 spiro atoms. The van der Waals surface area contributed by atoms with Gasteiger partial charge in [-0.1, -0.05) is 37.3 Å². The molecule has 0 fully saturated rings. The first-order valence-corrected chi connectivity index (χ1v) is 9.70. The van der Waals surface area contributed by atoms with Gasteiger partial charge in [-0.15, -0.1) is 10.8 Å². The summed E-state index contributed by atoms with van der Waals surface area (Å²) in [5.41, 5.74) is 11.7. The van der Waals surface area contributed by atoms with Crippen LogP contribution in [0.15, 0.2) is 30.3 Å². The molecule has 112 valence electrons. The highest BCUT2D eigenvalue weighted by atomic mass is 33.1. The molecule has 1 rings (SSSR count). The third-order valence-corrected chi connectivity index (χ3v) is 8.48. The van der Waals surface area contributed by atoms with Crippen molar-refractivity contribution in [2.24, 2.45) is 11.5 Å². The molecule has 2 atom stereocenters. The molecule has 2 unspecified atom stereocenters. The fourth-order valence-electron chi connectivity index (χ4n) is 1.75. The Balaban J connectivity index is 2.64. The quantitative estimate of drug-likeness (QED) is 0.482. The number of rotatable bonds is 9. The standard InChI is InChI=1S/C14H22N2O2S2/c1-11(12-5-3-2-4-6-12)20(10-8-14(16)18)19-9-7-13(15)17/h2-6,11,20H,7-10H2,1H3,(H2,15,17)(H2,16,18). The number of carbonyl (C=O) groups is 2. The third kappa shape index (κ3) is 6.34. The van der Waals surface area contributed by atoms with Gasteiger partial charge in [-0.05, 0) is 11.3 Å². The van der Waals surface area contributed by atoms with Gasteiger partial charge in [0.15, 0.2) is 0 Å². The number of thiol groups is 1. The van der Waals surface area contributed by atoms with Gasteiger partial charge in [0.1, 0.15) is 0 Å². The molecule has 6 heteroatoms. The number of nitrogens with two attached hydrogens (primary N) is 2. The Morgan fingerprint density at radius 3 is 2.30 bits per heavy atom. The summed E-state index contributed by atoms with van der Waals surface area (Å²) in [7, 11) is 1.30. The minimum atomic E-state index is -0.453. The van der Waals surface area contributed by atoms with Crippen LogP contribution >= 0.6 is 20.7 Å². The molecular weight excluding hydrogens is 292 g/mol. The topological polar surface area (TPSA) is 86.2 Å². The number of amides is 2. The van der Waals surface area contributed by atoms with Crippen molar-refractivity contribution in [1.82, 2.24) is 0 Å². The summed E-state index contributed by atoms with van der Waals surface area (Å²) in [6.07, 6.45) is 0.772. The fraction of sp³-hybridized carbons (Fsp3) is 0.429. The normalized spacial score (nSPS) is 14.6. The maximum atomic E-state index is 11.0. The maximum Gasteiger partial charge on any atom is 0.218 e. The van der Waals surface area contributed by atoms with Crippen LogP contribution in [0.3, 0.4) is 0 Å². The van der Waals surface area contributed by atoms with E-state index in [1.54, 1.807) is 10.8 Å². The van der Waals surface area contributed by atoms with Crippen LogP contribution in [-0.4, -0.2) is 23.3 Å². The zero-order chi connectivity index (χ0) is 15.0. The summed E-state index contributed by atoms with van der Waals surface area (Å²) in [4.78, 5) is 21.8. The van der Waals surface area contributed by atoms with E-state index in [1.165, 1.54) is 5.56 Å². The number of hydrogen-bond donors (Lipinski definition) is 3. The van der Waals surface area contributed by atoms with E-state index >= 15 is 0 Å². The van der Waals surface area contributed by atoms with Crippen molar-refractivity contribution >= 4 is 32.5 Å². The molecular formula is C14H22N2O2S2. The van der Waals surface area contributed by atoms with Crippen molar-refractivity contribution in [2.45, 2.75) is 25.0 Å². The monoisotopic (exact) mass is 314 g/mol. The molecule has 0 aromatic heterocycles. The summed E-state index contributed by atoms with van der Waals surface area (Å²) in [5, 5.41) is 0.364. The van der Waals surface area contributed by atoms with Crippen LogP contribution in [0.1, 0.15) is 30.6 Å². The lowest BCUT2D eigenvalue weighted by Gasteiger charge is -2.27. The van der Waals surface area contributed by atoms with E-state index < -0.39 is 9.93 Å². The summed E-state index contributed by atoms with van der Waals surface area (Å²) < 4.78 is 0. The molecule has 0 heterocycles. The third-order valence-electron chi connectivity index (χ3n) is 2.90. The molecule has 0 bridgehead atoms. The van der Waals surface area contributed by atoms with E-state index in [2.05, 4.69) is 19.1 Å². The van der Waals surface area contributed by atoms with Crippen LogP contribution in [0.25, 0.3) is 0 Å². The first kappa shape index (κ1) is 16.9. The largest absolute Gasteiger partial charge is 0.370 e. The Hall–Kier alpha value is -1.14. The smallest absolute Gasteiger partial charge is 0.218 e. The maximum absolute atomic E-state index is 11.0. The summed E-state index contributed by atoms with van der Waals surface area (Å²) in [6.45, 7) is 2.17. The van der Waals surface area contributed by atoms with Gasteiger partial charge in [0.05, 0.1) is 0 Å². The molecule has 0 aliphatic rings. The van der Waals surface area contributed by atoms with Crippen molar-refractivity contribution in [3.63, 3.8) is 0 Å². The van der Waals surface area contributed by atoms with Gasteiger partial charge >= 0.3 is 0 Å². The van der Waals surface area contributed by atoms with Gasteiger partial charge in [-0.2, -0.15) is 9.93 Å². The molecule has 0 radical (unpaired) electrons. The molecule has 0 aliphatic heterocycles. The molecule has 0 saturated heterocycles. The molecule has 2 amide bonds. The van der Waals surface area contributed by atoms with E-state index in [1.807, 2.05) is 18.2 Å². The van der Waals surface area contributed by atoms with Gasteiger partial charge < -0.3 is 11.5 Å². The lowest BCUT2D eigenvalue weighted by molar-refractivity contribution is -0.118. The summed E-state index contributed by atoms with van der Waals surface area (Å²) >= 11 is 0. The first-order valence-electron chi connectivity index (χ1n) is 6.52. The molecule has 20 heavy (non-hydrogen) atoms. The Morgan fingerprint density at radius 1 is 1.15 bits per heavy atom. The van der Waals surface area contributed by atoms with E-state index in [0.717, 1.165) is 5.75 Å². The SMILES string of the molecule is CC(c1ccccc1)[SH](CCC(N)=O)SCCC(N)=O. The number of carbonyl (C=O) groups excluding carboxylic acids is 2. The van der Waals surface area contributed by atoms with Crippen LogP contribution < -0.4 is 11.5 Å². The molecule has 0 saturated carbocycles. The van der Waals surface area contributed by atoms with Crippen molar-refractivity contribution in [2.75, 3.05) is 11.5 Å². The summed E-state index contributed by atoms with van der Waals surface area (Å²) in [5.74, 6) is 0.934. The second kappa shape index (κ2) is 8.92. The molecule has 1 aromatic carbocycles. The van der Waals surface area contributed by atoms with Crippen molar-refractivity contribution in [1.29, 1.82) is 0 Å². The molecule has 4 nitrogen and oxygen atoms in total. The Bertz CT molecular complexity index is 440. The molecule has 4 N–H and O–H groups in total. The lowest BCUT2D eigenvalue weighted by atomic mass is 10.2. The highest BCUT2D eigenvalue weighted by molar-refractivity contribution is 8.85. The number of primary amides is 2. The van der Waals surface area contributed by atoms with Gasteiger partial charge in [0.25, 0.3) is 0 Å². The predicted octanol–water partition coefficient (Wildman–Crippen LogP) is 2.15. The van der Waals surface area contributed by atoms with E-state index in [4.69, 9.17) is 11.5 Å². The number of hydrogen-bond acceptors (Lipinski definition) is 3. The summed E-state index contributed by atoms with van der Waals surface area (Å²) in [6, 6.07) is 10.2. The molecule has 0 aliphatic carbocycles. The van der Waals surface area contributed by atoms with Crippen LogP contribution in [0.5, 0.6) is 0 Å². The average molecular weight is 314 g/mol. The van der Waals surface area contributed by atoms with Crippen LogP contribution in [0.2, 0.25) is 0 Å². The Kier molecular flexibility index (Phi) is 7.54. The highest BCUT2D eigenvalue weighted by Gasteiger charge is 2.16. The zero-order valence-corrected chi connectivity index (χ0v) is 13.3. The van der Waals surface area contributed by atoms with Crippen molar-refractivity contribution in [3.05, 3.63) is 35.9 Å². The molecule has 1 aromatic rings. The minimum absolute atomic E-state index is 0.270. The second-order valence-corrected chi connectivity index (χ2v) is 9.40. The average Bonchev–Trinajstić information content (AvgIpc) is 2.42. The van der Waals surface area contributed by atoms with Crippen LogP contribution in [0.4, 0.5) is 0 Å². The van der Waals surface area contributed by atoms with Gasteiger partial charge in [-0.3, -0.25) is 9.59 Å². The first-order chi connectivity index (χ1) is 9.50. The Morgan fingerprint density at radius 2 is 1.75 bits per heavy atom. The van der Waals surface area contributed by atoms with E-state index in [-0.39, 0.29) is 11.8 Å². The second-order valence-electron chi connectivity index (χ2n) is 4.49. The van der Waals surface area contributed by atoms with Crippen LogP contribution in [0, 0.1) is 0 Å². The predicted molar refractivity (Wildman–Crippen MR) is 88.8 cm³/mol. The minimum Gasteiger partial charge on any atom is -0.370 e. The van der Waals surface area contributed by atoms with E-state index in [0.29, 0.717) is 23.8 Å². The van der Waals surface area contributed by atoms with Gasteiger partial charge in [0.2, 0.25) is 11.8 Å². The van der Waals surface area contributed by atoms with E-state index in [9.17, 15) is 9.59 Å².